The Balaban J connectivity index is 1.78. The van der Waals surface area contributed by atoms with Gasteiger partial charge in [-0.25, -0.2) is 0 Å². The largest absolute Gasteiger partial charge is 0.496 e. The third kappa shape index (κ3) is 4.03. The van der Waals surface area contributed by atoms with Crippen LogP contribution in [0.3, 0.4) is 0 Å². The lowest BCUT2D eigenvalue weighted by atomic mass is 10.1. The van der Waals surface area contributed by atoms with Gasteiger partial charge in [0.2, 0.25) is 0 Å². The molecule has 0 aliphatic rings. The first kappa shape index (κ1) is 18.3. The quantitative estimate of drug-likeness (QED) is 0.659. The maximum atomic E-state index is 12.5. The predicted octanol–water partition coefficient (Wildman–Crippen LogP) is 5.13. The van der Waals surface area contributed by atoms with Crippen LogP contribution in [0.5, 0.6) is 5.75 Å². The molecule has 0 fully saturated rings. The van der Waals surface area contributed by atoms with Crippen LogP contribution in [0.2, 0.25) is 0 Å². The number of aryl methyl sites for hydroxylation is 1. The highest BCUT2D eigenvalue weighted by molar-refractivity contribution is 6.06. The van der Waals surface area contributed by atoms with E-state index in [1.807, 2.05) is 68.5 Å². The third-order valence-corrected chi connectivity index (χ3v) is 4.17. The fraction of sp³-hybridized carbons (Fsp3) is 0.136. The summed E-state index contributed by atoms with van der Waals surface area (Å²) in [6.07, 6.45) is 3.80. The molecule has 0 spiro atoms. The van der Waals surface area contributed by atoms with Gasteiger partial charge in [-0.05, 0) is 61.9 Å². The summed E-state index contributed by atoms with van der Waals surface area (Å²) in [4.78, 5) is 12.5. The second-order valence-electron chi connectivity index (χ2n) is 6.17. The SMILES string of the molecule is C/C=C\c1cc(-c2ccc(NC(=O)c3ccc(C)cc3OC)cc2)oc1N. The van der Waals surface area contributed by atoms with E-state index in [0.717, 1.165) is 16.7 Å². The average molecular weight is 362 g/mol. The molecule has 3 N–H and O–H groups in total. The number of anilines is 2. The van der Waals surface area contributed by atoms with E-state index in [1.165, 1.54) is 0 Å². The number of benzene rings is 2. The highest BCUT2D eigenvalue weighted by Gasteiger charge is 2.13. The second kappa shape index (κ2) is 7.83. The molecule has 27 heavy (non-hydrogen) atoms. The molecule has 5 nitrogen and oxygen atoms in total. The molecule has 1 aromatic heterocycles. The Kier molecular flexibility index (Phi) is 5.31. The van der Waals surface area contributed by atoms with E-state index >= 15 is 0 Å². The number of allylic oxidation sites excluding steroid dienone is 1. The van der Waals surface area contributed by atoms with Crippen LogP contribution >= 0.6 is 0 Å². The zero-order chi connectivity index (χ0) is 19.4. The molecule has 0 aliphatic heterocycles. The fourth-order valence-corrected chi connectivity index (χ4v) is 2.77. The lowest BCUT2D eigenvalue weighted by molar-refractivity contribution is 0.102. The number of amides is 1. The molecule has 1 amide bonds. The van der Waals surface area contributed by atoms with Gasteiger partial charge in [0.15, 0.2) is 5.88 Å². The van der Waals surface area contributed by atoms with Gasteiger partial charge >= 0.3 is 0 Å². The second-order valence-corrected chi connectivity index (χ2v) is 6.17. The Morgan fingerprint density at radius 2 is 1.89 bits per heavy atom. The molecular formula is C22H22N2O3. The molecule has 5 heteroatoms. The topological polar surface area (TPSA) is 77.5 Å². The molecule has 0 radical (unpaired) electrons. The van der Waals surface area contributed by atoms with Crippen molar-refractivity contribution in [2.45, 2.75) is 13.8 Å². The number of hydrogen-bond acceptors (Lipinski definition) is 4. The Hall–Kier alpha value is -3.47. The van der Waals surface area contributed by atoms with Gasteiger partial charge < -0.3 is 20.2 Å². The Bertz CT molecular complexity index is 985. The molecule has 0 saturated heterocycles. The van der Waals surface area contributed by atoms with Crippen molar-refractivity contribution in [3.63, 3.8) is 0 Å². The van der Waals surface area contributed by atoms with Crippen molar-refractivity contribution in [2.24, 2.45) is 0 Å². The number of nitrogens with two attached hydrogens (primary N) is 1. The van der Waals surface area contributed by atoms with Crippen LogP contribution in [-0.4, -0.2) is 13.0 Å². The number of rotatable bonds is 5. The summed E-state index contributed by atoms with van der Waals surface area (Å²) < 4.78 is 10.9. The minimum absolute atomic E-state index is 0.225. The number of furan rings is 1. The highest BCUT2D eigenvalue weighted by Crippen LogP contribution is 2.29. The van der Waals surface area contributed by atoms with E-state index in [9.17, 15) is 4.79 Å². The fourth-order valence-electron chi connectivity index (χ4n) is 2.77. The van der Waals surface area contributed by atoms with Gasteiger partial charge in [-0.1, -0.05) is 18.2 Å². The summed E-state index contributed by atoms with van der Waals surface area (Å²) in [5.41, 5.74) is 9.80. The van der Waals surface area contributed by atoms with E-state index in [0.29, 0.717) is 28.6 Å². The monoisotopic (exact) mass is 362 g/mol. The molecule has 2 aromatic carbocycles. The third-order valence-electron chi connectivity index (χ3n) is 4.17. The molecule has 138 valence electrons. The van der Waals surface area contributed by atoms with Crippen molar-refractivity contribution in [3.05, 3.63) is 71.3 Å². The average Bonchev–Trinajstić information content (AvgIpc) is 3.03. The molecule has 1 heterocycles. The molecule has 0 atom stereocenters. The van der Waals surface area contributed by atoms with Crippen LogP contribution in [-0.2, 0) is 0 Å². The van der Waals surface area contributed by atoms with Gasteiger partial charge in [-0.3, -0.25) is 4.79 Å². The molecule has 3 aromatic rings. The van der Waals surface area contributed by atoms with Crippen LogP contribution in [0.4, 0.5) is 11.6 Å². The molecular weight excluding hydrogens is 340 g/mol. The first-order chi connectivity index (χ1) is 13.0. The van der Waals surface area contributed by atoms with Gasteiger partial charge in [0.05, 0.1) is 12.7 Å². The number of methoxy groups -OCH3 is 1. The molecule has 0 saturated carbocycles. The molecule has 0 bridgehead atoms. The normalized spacial score (nSPS) is 10.9. The van der Waals surface area contributed by atoms with Crippen LogP contribution in [0, 0.1) is 6.92 Å². The molecule has 0 unspecified atom stereocenters. The van der Waals surface area contributed by atoms with Crippen molar-refractivity contribution >= 4 is 23.6 Å². The lowest BCUT2D eigenvalue weighted by Gasteiger charge is -2.10. The Labute approximate surface area is 158 Å². The number of ether oxygens (including phenoxy) is 1. The van der Waals surface area contributed by atoms with E-state index in [-0.39, 0.29) is 5.91 Å². The predicted molar refractivity (Wildman–Crippen MR) is 109 cm³/mol. The molecule has 0 aliphatic carbocycles. The smallest absolute Gasteiger partial charge is 0.259 e. The van der Waals surface area contributed by atoms with Crippen molar-refractivity contribution < 1.29 is 13.9 Å². The van der Waals surface area contributed by atoms with Crippen LogP contribution in [0.25, 0.3) is 17.4 Å². The summed E-state index contributed by atoms with van der Waals surface area (Å²) in [6, 6.07) is 14.8. The maximum Gasteiger partial charge on any atom is 0.259 e. The standard InChI is InChI=1S/C22H22N2O3/c1-4-5-16-13-19(27-21(16)23)15-7-9-17(10-8-15)24-22(25)18-11-6-14(2)12-20(18)26-3/h4-13H,23H2,1-3H3,(H,24,25)/b5-4-. The van der Waals surface area contributed by atoms with Gasteiger partial charge in [-0.2, -0.15) is 0 Å². The van der Waals surface area contributed by atoms with Crippen LogP contribution in [0.1, 0.15) is 28.4 Å². The highest BCUT2D eigenvalue weighted by atomic mass is 16.5. The zero-order valence-electron chi connectivity index (χ0n) is 15.6. The summed E-state index contributed by atoms with van der Waals surface area (Å²) in [6.45, 7) is 3.87. The number of nitrogens with one attached hydrogen (secondary N) is 1. The first-order valence-corrected chi connectivity index (χ1v) is 8.60. The van der Waals surface area contributed by atoms with Gasteiger partial charge in [-0.15, -0.1) is 0 Å². The van der Waals surface area contributed by atoms with Crippen molar-refractivity contribution in [2.75, 3.05) is 18.2 Å². The Morgan fingerprint density at radius 3 is 2.56 bits per heavy atom. The van der Waals surface area contributed by atoms with Gasteiger partial charge in [0, 0.05) is 16.8 Å². The van der Waals surface area contributed by atoms with Crippen molar-refractivity contribution in [1.82, 2.24) is 0 Å². The van der Waals surface area contributed by atoms with Gasteiger partial charge in [0.25, 0.3) is 5.91 Å². The number of carbonyl (C=O) groups excluding carboxylic acids is 1. The summed E-state index contributed by atoms with van der Waals surface area (Å²) in [7, 11) is 1.55. The van der Waals surface area contributed by atoms with E-state index in [1.54, 1.807) is 13.2 Å². The summed E-state index contributed by atoms with van der Waals surface area (Å²) >= 11 is 0. The zero-order valence-corrected chi connectivity index (χ0v) is 15.6. The van der Waals surface area contributed by atoms with Crippen LogP contribution < -0.4 is 15.8 Å². The maximum absolute atomic E-state index is 12.5. The van der Waals surface area contributed by atoms with E-state index in [2.05, 4.69) is 5.32 Å². The minimum atomic E-state index is -0.225. The number of nitrogen functional groups attached to an aromatic ring is 1. The molecule has 3 rings (SSSR count). The minimum Gasteiger partial charge on any atom is -0.496 e. The van der Waals surface area contributed by atoms with E-state index in [4.69, 9.17) is 14.9 Å². The first-order valence-electron chi connectivity index (χ1n) is 8.60. The number of carbonyl (C=O) groups is 1. The van der Waals surface area contributed by atoms with Crippen LogP contribution in [0.15, 0.2) is 59.0 Å². The summed E-state index contributed by atoms with van der Waals surface area (Å²) in [5, 5.41) is 2.88. The van der Waals surface area contributed by atoms with Gasteiger partial charge in [0.1, 0.15) is 11.5 Å². The van der Waals surface area contributed by atoms with Crippen molar-refractivity contribution in [1.29, 1.82) is 0 Å². The Morgan fingerprint density at radius 1 is 1.15 bits per heavy atom. The van der Waals surface area contributed by atoms with E-state index < -0.39 is 0 Å². The summed E-state index contributed by atoms with van der Waals surface area (Å²) in [5.74, 6) is 1.38. The number of hydrogen-bond donors (Lipinski definition) is 2. The van der Waals surface area contributed by atoms with Crippen molar-refractivity contribution in [3.8, 4) is 17.1 Å². The lowest BCUT2D eigenvalue weighted by Crippen LogP contribution is -2.13.